The highest BCUT2D eigenvalue weighted by Crippen LogP contribution is 2.34. The van der Waals surface area contributed by atoms with Crippen molar-refractivity contribution in [3.05, 3.63) is 53.1 Å². The molecule has 1 aromatic carbocycles. The third-order valence-electron chi connectivity index (χ3n) is 4.18. The predicted octanol–water partition coefficient (Wildman–Crippen LogP) is 2.48. The van der Waals surface area contributed by atoms with Gasteiger partial charge in [-0.25, -0.2) is 9.50 Å². The maximum absolute atomic E-state index is 13.0. The van der Waals surface area contributed by atoms with Gasteiger partial charge in [0.2, 0.25) is 0 Å². The Labute approximate surface area is 162 Å². The van der Waals surface area contributed by atoms with Crippen LogP contribution in [0.5, 0.6) is 0 Å². The molecule has 0 atom stereocenters. The van der Waals surface area contributed by atoms with Gasteiger partial charge in [-0.1, -0.05) is 12.1 Å². The van der Waals surface area contributed by atoms with Crippen LogP contribution in [0.3, 0.4) is 0 Å². The van der Waals surface area contributed by atoms with Crippen molar-refractivity contribution in [2.75, 3.05) is 11.9 Å². The second kappa shape index (κ2) is 7.86. The van der Waals surface area contributed by atoms with E-state index in [4.69, 9.17) is 4.74 Å². The highest BCUT2D eigenvalue weighted by molar-refractivity contribution is 5.93. The van der Waals surface area contributed by atoms with Crippen molar-refractivity contribution >= 4 is 23.3 Å². The number of esters is 1. The number of halogens is 3. The van der Waals surface area contributed by atoms with E-state index in [9.17, 15) is 22.8 Å². The second-order valence-electron chi connectivity index (χ2n) is 6.16. The number of aryl methyl sites for hydroxylation is 2. The van der Waals surface area contributed by atoms with Crippen LogP contribution in [0.4, 0.5) is 18.9 Å². The van der Waals surface area contributed by atoms with Gasteiger partial charge in [0, 0.05) is 17.0 Å². The molecule has 3 aromatic rings. The van der Waals surface area contributed by atoms with Gasteiger partial charge >= 0.3 is 12.1 Å². The second-order valence-corrected chi connectivity index (χ2v) is 6.16. The lowest BCUT2D eigenvalue weighted by Gasteiger charge is -2.14. The summed E-state index contributed by atoms with van der Waals surface area (Å²) < 4.78 is 45.3. The van der Waals surface area contributed by atoms with Gasteiger partial charge in [0.1, 0.15) is 6.33 Å². The molecule has 0 fully saturated rings. The Hall–Kier alpha value is -3.50. The number of fused-ring (bicyclic) bond motifs is 1. The van der Waals surface area contributed by atoms with Crippen LogP contribution in [0, 0.1) is 13.8 Å². The van der Waals surface area contributed by atoms with Crippen LogP contribution >= 0.6 is 0 Å². The summed E-state index contributed by atoms with van der Waals surface area (Å²) in [7, 11) is 0. The monoisotopic (exact) mass is 407 g/mol. The number of alkyl halides is 3. The van der Waals surface area contributed by atoms with Crippen LogP contribution in [-0.4, -0.2) is 38.1 Å². The lowest BCUT2D eigenvalue weighted by molar-refractivity contribution is -0.146. The van der Waals surface area contributed by atoms with Gasteiger partial charge in [-0.15, -0.1) is 0 Å². The first kappa shape index (κ1) is 20.2. The van der Waals surface area contributed by atoms with Crippen molar-refractivity contribution in [3.8, 4) is 0 Å². The summed E-state index contributed by atoms with van der Waals surface area (Å²) in [6.45, 7) is 2.72. The molecule has 8 nitrogen and oxygen atoms in total. The molecule has 0 unspecified atom stereocenters. The molecule has 0 saturated carbocycles. The predicted molar refractivity (Wildman–Crippen MR) is 95.0 cm³/mol. The normalized spacial score (nSPS) is 11.5. The molecule has 1 amide bonds. The van der Waals surface area contributed by atoms with Crippen molar-refractivity contribution in [1.29, 1.82) is 0 Å². The number of amides is 1. The molecule has 0 aliphatic carbocycles. The number of hydrogen-bond acceptors (Lipinski definition) is 6. The average Bonchev–Trinajstić information content (AvgIpc) is 3.11. The molecule has 0 bridgehead atoms. The number of anilines is 1. The van der Waals surface area contributed by atoms with E-state index in [0.717, 1.165) is 12.1 Å². The van der Waals surface area contributed by atoms with E-state index < -0.39 is 35.9 Å². The Bertz CT molecular complexity index is 1080. The summed E-state index contributed by atoms with van der Waals surface area (Å²) in [5.74, 6) is -1.22. The van der Waals surface area contributed by atoms with Gasteiger partial charge < -0.3 is 10.1 Å². The first-order valence-corrected chi connectivity index (χ1v) is 8.44. The SMILES string of the molecule is Cc1nc2ncnn2c(C)c1CC(=O)OCC(=O)Nc1ccccc1C(F)(F)F. The van der Waals surface area contributed by atoms with E-state index in [-0.39, 0.29) is 6.42 Å². The largest absolute Gasteiger partial charge is 0.455 e. The smallest absolute Gasteiger partial charge is 0.418 e. The lowest BCUT2D eigenvalue weighted by Crippen LogP contribution is -2.23. The fourth-order valence-corrected chi connectivity index (χ4v) is 2.78. The van der Waals surface area contributed by atoms with Crippen LogP contribution in [0.25, 0.3) is 5.78 Å². The molecule has 0 aliphatic rings. The Morgan fingerprint density at radius 1 is 1.21 bits per heavy atom. The molecule has 152 valence electrons. The summed E-state index contributed by atoms with van der Waals surface area (Å²) in [6, 6.07) is 4.54. The Morgan fingerprint density at radius 2 is 1.93 bits per heavy atom. The van der Waals surface area contributed by atoms with E-state index in [0.29, 0.717) is 22.7 Å². The number of rotatable bonds is 5. The fraction of sp³-hybridized carbons (Fsp3) is 0.278. The van der Waals surface area contributed by atoms with Crippen LogP contribution in [0.15, 0.2) is 30.6 Å². The maximum Gasteiger partial charge on any atom is 0.418 e. The van der Waals surface area contributed by atoms with Crippen molar-refractivity contribution in [1.82, 2.24) is 19.6 Å². The van der Waals surface area contributed by atoms with Crippen LogP contribution in [0.2, 0.25) is 0 Å². The minimum Gasteiger partial charge on any atom is -0.455 e. The number of aromatic nitrogens is 4. The molecule has 3 rings (SSSR count). The van der Waals surface area contributed by atoms with Gasteiger partial charge in [0.15, 0.2) is 6.61 Å². The number of para-hydroxylation sites is 1. The number of benzene rings is 1. The van der Waals surface area contributed by atoms with E-state index >= 15 is 0 Å². The Morgan fingerprint density at radius 3 is 2.66 bits per heavy atom. The molecule has 11 heteroatoms. The standard InChI is InChI=1S/C18H16F3N5O3/c1-10-12(11(2)26-17(24-10)22-9-23-26)7-16(28)29-8-15(27)25-14-6-4-3-5-13(14)18(19,20)21/h3-6,9H,7-8H2,1-2H3,(H,25,27). The topological polar surface area (TPSA) is 98.5 Å². The van der Waals surface area contributed by atoms with Gasteiger partial charge in [0.05, 0.1) is 17.7 Å². The zero-order valence-electron chi connectivity index (χ0n) is 15.4. The molecule has 2 heterocycles. The molecule has 0 radical (unpaired) electrons. The average molecular weight is 407 g/mol. The number of hydrogen-bond donors (Lipinski definition) is 1. The van der Waals surface area contributed by atoms with Crippen molar-refractivity contribution < 1.29 is 27.5 Å². The number of carbonyl (C=O) groups is 2. The highest BCUT2D eigenvalue weighted by atomic mass is 19.4. The van der Waals surface area contributed by atoms with E-state index in [1.165, 1.54) is 23.0 Å². The molecular formula is C18H16F3N5O3. The summed E-state index contributed by atoms with van der Waals surface area (Å²) in [6.07, 6.45) is -3.46. The highest BCUT2D eigenvalue weighted by Gasteiger charge is 2.33. The molecule has 0 aliphatic heterocycles. The van der Waals surface area contributed by atoms with Crippen LogP contribution in [-0.2, 0) is 26.9 Å². The zero-order chi connectivity index (χ0) is 21.2. The maximum atomic E-state index is 13.0. The van der Waals surface area contributed by atoms with E-state index in [1.807, 2.05) is 0 Å². The zero-order valence-corrected chi connectivity index (χ0v) is 15.4. The molecular weight excluding hydrogens is 391 g/mol. The molecule has 2 aromatic heterocycles. The molecule has 29 heavy (non-hydrogen) atoms. The molecule has 0 spiro atoms. The van der Waals surface area contributed by atoms with Gasteiger partial charge in [0.25, 0.3) is 11.7 Å². The van der Waals surface area contributed by atoms with Crippen molar-refractivity contribution in [2.24, 2.45) is 0 Å². The molecule has 1 N–H and O–H groups in total. The Kier molecular flexibility index (Phi) is 5.48. The van der Waals surface area contributed by atoms with E-state index in [2.05, 4.69) is 20.4 Å². The summed E-state index contributed by atoms with van der Waals surface area (Å²) in [5.41, 5.74) is 0.372. The summed E-state index contributed by atoms with van der Waals surface area (Å²) in [4.78, 5) is 32.3. The number of carbonyl (C=O) groups excluding carboxylic acids is 2. The number of ether oxygens (including phenoxy) is 1. The quantitative estimate of drug-likeness (QED) is 0.653. The van der Waals surface area contributed by atoms with Crippen molar-refractivity contribution in [2.45, 2.75) is 26.4 Å². The summed E-state index contributed by atoms with van der Waals surface area (Å²) >= 11 is 0. The van der Waals surface area contributed by atoms with Crippen LogP contribution < -0.4 is 5.32 Å². The Balaban J connectivity index is 1.63. The van der Waals surface area contributed by atoms with Crippen LogP contribution in [0.1, 0.15) is 22.5 Å². The third kappa shape index (κ3) is 4.50. The van der Waals surface area contributed by atoms with Gasteiger partial charge in [-0.05, 0) is 26.0 Å². The summed E-state index contributed by atoms with van der Waals surface area (Å²) in [5, 5.41) is 6.12. The first-order chi connectivity index (χ1) is 13.7. The van der Waals surface area contributed by atoms with Gasteiger partial charge in [-0.2, -0.15) is 23.3 Å². The number of nitrogens with zero attached hydrogens (tertiary/aromatic N) is 4. The minimum absolute atomic E-state index is 0.174. The molecule has 0 saturated heterocycles. The fourth-order valence-electron chi connectivity index (χ4n) is 2.78. The van der Waals surface area contributed by atoms with Crippen molar-refractivity contribution in [3.63, 3.8) is 0 Å². The first-order valence-electron chi connectivity index (χ1n) is 8.44. The third-order valence-corrected chi connectivity index (χ3v) is 4.18. The number of nitrogens with one attached hydrogen (secondary N) is 1. The lowest BCUT2D eigenvalue weighted by atomic mass is 10.1. The van der Waals surface area contributed by atoms with Gasteiger partial charge in [-0.3, -0.25) is 9.59 Å². The minimum atomic E-state index is -4.62. The van der Waals surface area contributed by atoms with E-state index in [1.54, 1.807) is 13.8 Å².